The molecule has 2 aromatic rings. The SMILES string of the molecule is Cc1cc(Br)cnc1NC(C)Cc1ccsc1. The smallest absolute Gasteiger partial charge is 0.129 e. The maximum atomic E-state index is 4.39. The number of aromatic nitrogens is 1. The van der Waals surface area contributed by atoms with E-state index in [9.17, 15) is 0 Å². The average Bonchev–Trinajstić information content (AvgIpc) is 2.75. The van der Waals surface area contributed by atoms with Crippen LogP contribution in [0.1, 0.15) is 18.1 Å². The van der Waals surface area contributed by atoms with Gasteiger partial charge in [0, 0.05) is 16.7 Å². The molecule has 2 heterocycles. The van der Waals surface area contributed by atoms with Gasteiger partial charge in [-0.3, -0.25) is 0 Å². The first-order valence-corrected chi connectivity index (χ1v) is 7.28. The molecular formula is C13H15BrN2S. The van der Waals surface area contributed by atoms with Crippen molar-refractivity contribution < 1.29 is 0 Å². The van der Waals surface area contributed by atoms with Crippen molar-refractivity contribution in [1.29, 1.82) is 0 Å². The highest BCUT2D eigenvalue weighted by atomic mass is 79.9. The number of hydrogen-bond donors (Lipinski definition) is 1. The number of pyridine rings is 1. The van der Waals surface area contributed by atoms with Gasteiger partial charge in [0.1, 0.15) is 5.82 Å². The van der Waals surface area contributed by atoms with Gasteiger partial charge < -0.3 is 5.32 Å². The maximum absolute atomic E-state index is 4.39. The summed E-state index contributed by atoms with van der Waals surface area (Å²) in [7, 11) is 0. The zero-order valence-corrected chi connectivity index (χ0v) is 12.3. The van der Waals surface area contributed by atoms with E-state index < -0.39 is 0 Å². The highest BCUT2D eigenvalue weighted by molar-refractivity contribution is 9.10. The molecule has 0 aromatic carbocycles. The van der Waals surface area contributed by atoms with Gasteiger partial charge >= 0.3 is 0 Å². The summed E-state index contributed by atoms with van der Waals surface area (Å²) in [5, 5.41) is 7.76. The first kappa shape index (κ1) is 12.6. The first-order valence-electron chi connectivity index (χ1n) is 5.55. The molecule has 0 bridgehead atoms. The van der Waals surface area contributed by atoms with Gasteiger partial charge in [0.05, 0.1) is 0 Å². The van der Waals surface area contributed by atoms with Crippen LogP contribution in [0.4, 0.5) is 5.82 Å². The molecule has 1 atom stereocenters. The van der Waals surface area contributed by atoms with E-state index in [4.69, 9.17) is 0 Å². The third-order valence-corrected chi connectivity index (χ3v) is 3.72. The van der Waals surface area contributed by atoms with Crippen LogP contribution < -0.4 is 5.32 Å². The Kier molecular flexibility index (Phi) is 4.18. The van der Waals surface area contributed by atoms with Crippen LogP contribution in [0.2, 0.25) is 0 Å². The Morgan fingerprint density at radius 2 is 2.35 bits per heavy atom. The molecule has 0 aliphatic carbocycles. The van der Waals surface area contributed by atoms with E-state index >= 15 is 0 Å². The Labute approximate surface area is 114 Å². The molecule has 0 aliphatic rings. The van der Waals surface area contributed by atoms with Gasteiger partial charge in [-0.2, -0.15) is 11.3 Å². The number of nitrogens with zero attached hydrogens (tertiary/aromatic N) is 1. The van der Waals surface area contributed by atoms with Crippen molar-refractivity contribution >= 4 is 33.1 Å². The van der Waals surface area contributed by atoms with Crippen molar-refractivity contribution in [3.05, 3.63) is 44.7 Å². The van der Waals surface area contributed by atoms with Crippen LogP contribution in [-0.4, -0.2) is 11.0 Å². The molecule has 4 heteroatoms. The van der Waals surface area contributed by atoms with E-state index in [0.29, 0.717) is 6.04 Å². The van der Waals surface area contributed by atoms with Gasteiger partial charge in [0.25, 0.3) is 0 Å². The Balaban J connectivity index is 2.00. The monoisotopic (exact) mass is 310 g/mol. The Bertz CT molecular complexity index is 482. The zero-order valence-electron chi connectivity index (χ0n) is 9.90. The minimum atomic E-state index is 0.386. The van der Waals surface area contributed by atoms with E-state index in [2.05, 4.69) is 63.0 Å². The second-order valence-electron chi connectivity index (χ2n) is 4.20. The molecule has 0 saturated carbocycles. The van der Waals surface area contributed by atoms with Crippen molar-refractivity contribution in [3.63, 3.8) is 0 Å². The van der Waals surface area contributed by atoms with Gasteiger partial charge in [-0.15, -0.1) is 0 Å². The number of thiophene rings is 1. The van der Waals surface area contributed by atoms with Crippen molar-refractivity contribution in [3.8, 4) is 0 Å². The molecule has 2 nitrogen and oxygen atoms in total. The summed E-state index contributed by atoms with van der Waals surface area (Å²) in [6.07, 6.45) is 2.85. The fourth-order valence-electron chi connectivity index (χ4n) is 1.74. The minimum Gasteiger partial charge on any atom is -0.367 e. The number of hydrogen-bond acceptors (Lipinski definition) is 3. The molecule has 0 radical (unpaired) electrons. The summed E-state index contributed by atoms with van der Waals surface area (Å²) >= 11 is 5.17. The summed E-state index contributed by atoms with van der Waals surface area (Å²) in [6, 6.07) is 4.63. The van der Waals surface area contributed by atoms with E-state index in [1.54, 1.807) is 11.3 Å². The van der Waals surface area contributed by atoms with Crippen molar-refractivity contribution in [1.82, 2.24) is 4.98 Å². The van der Waals surface area contributed by atoms with Gasteiger partial charge in [0.15, 0.2) is 0 Å². The Morgan fingerprint density at radius 1 is 1.53 bits per heavy atom. The van der Waals surface area contributed by atoms with Crippen LogP contribution in [0.15, 0.2) is 33.6 Å². The largest absolute Gasteiger partial charge is 0.367 e. The van der Waals surface area contributed by atoms with E-state index in [1.165, 1.54) is 5.56 Å². The van der Waals surface area contributed by atoms with E-state index in [0.717, 1.165) is 22.3 Å². The normalized spacial score (nSPS) is 12.4. The lowest BCUT2D eigenvalue weighted by Gasteiger charge is -2.15. The predicted octanol–water partition coefficient (Wildman–Crippen LogP) is 4.26. The van der Waals surface area contributed by atoms with Crippen LogP contribution >= 0.6 is 27.3 Å². The standard InChI is InChI=1S/C13H15BrN2S/c1-9-5-12(14)7-15-13(9)16-10(2)6-11-3-4-17-8-11/h3-5,7-8,10H,6H2,1-2H3,(H,15,16). The summed E-state index contributed by atoms with van der Waals surface area (Å²) in [5.41, 5.74) is 2.54. The predicted molar refractivity (Wildman–Crippen MR) is 77.8 cm³/mol. The second-order valence-corrected chi connectivity index (χ2v) is 5.90. The third kappa shape index (κ3) is 3.54. The van der Waals surface area contributed by atoms with Gasteiger partial charge in [-0.25, -0.2) is 4.98 Å². The fraction of sp³-hybridized carbons (Fsp3) is 0.308. The highest BCUT2D eigenvalue weighted by Gasteiger charge is 2.07. The van der Waals surface area contributed by atoms with Crippen LogP contribution in [0.3, 0.4) is 0 Å². The number of nitrogens with one attached hydrogen (secondary N) is 1. The molecule has 2 rings (SSSR count). The minimum absolute atomic E-state index is 0.386. The second kappa shape index (κ2) is 5.65. The molecule has 1 unspecified atom stereocenters. The summed E-state index contributed by atoms with van der Waals surface area (Å²) in [6.45, 7) is 4.25. The molecule has 0 saturated heterocycles. The molecule has 0 amide bonds. The van der Waals surface area contributed by atoms with Gasteiger partial charge in [-0.1, -0.05) is 0 Å². The summed E-state index contributed by atoms with van der Waals surface area (Å²) in [5.74, 6) is 0.968. The fourth-order valence-corrected chi connectivity index (χ4v) is 2.87. The van der Waals surface area contributed by atoms with Crippen LogP contribution in [-0.2, 0) is 6.42 Å². The Morgan fingerprint density at radius 3 is 3.00 bits per heavy atom. The molecule has 17 heavy (non-hydrogen) atoms. The first-order chi connectivity index (χ1) is 8.15. The lowest BCUT2D eigenvalue weighted by molar-refractivity contribution is 0.785. The molecule has 0 fully saturated rings. The number of anilines is 1. The molecular weight excluding hydrogens is 296 g/mol. The highest BCUT2D eigenvalue weighted by Crippen LogP contribution is 2.18. The van der Waals surface area contributed by atoms with E-state index in [1.807, 2.05) is 6.20 Å². The summed E-state index contributed by atoms with van der Waals surface area (Å²) < 4.78 is 1.02. The number of rotatable bonds is 4. The summed E-state index contributed by atoms with van der Waals surface area (Å²) in [4.78, 5) is 4.39. The average molecular weight is 311 g/mol. The van der Waals surface area contributed by atoms with Crippen molar-refractivity contribution in [2.24, 2.45) is 0 Å². The van der Waals surface area contributed by atoms with Gasteiger partial charge in [0.2, 0.25) is 0 Å². The molecule has 0 aliphatic heterocycles. The van der Waals surface area contributed by atoms with Crippen LogP contribution in [0.5, 0.6) is 0 Å². The quantitative estimate of drug-likeness (QED) is 0.912. The number of aryl methyl sites for hydroxylation is 1. The molecule has 90 valence electrons. The maximum Gasteiger partial charge on any atom is 0.129 e. The van der Waals surface area contributed by atoms with Crippen molar-refractivity contribution in [2.45, 2.75) is 26.3 Å². The van der Waals surface area contributed by atoms with Crippen LogP contribution in [0.25, 0.3) is 0 Å². The lowest BCUT2D eigenvalue weighted by atomic mass is 10.1. The third-order valence-electron chi connectivity index (χ3n) is 2.55. The van der Waals surface area contributed by atoms with Gasteiger partial charge in [-0.05, 0) is 70.2 Å². The van der Waals surface area contributed by atoms with Crippen molar-refractivity contribution in [2.75, 3.05) is 5.32 Å². The topological polar surface area (TPSA) is 24.9 Å². The molecule has 0 spiro atoms. The molecule has 2 aromatic heterocycles. The van der Waals surface area contributed by atoms with E-state index in [-0.39, 0.29) is 0 Å². The molecule has 1 N–H and O–H groups in total. The lowest BCUT2D eigenvalue weighted by Crippen LogP contribution is -2.19. The zero-order chi connectivity index (χ0) is 12.3. The Hall–Kier alpha value is -0.870. The van der Waals surface area contributed by atoms with Crippen LogP contribution in [0, 0.1) is 6.92 Å². The number of halogens is 1.